The highest BCUT2D eigenvalue weighted by molar-refractivity contribution is 14.0. The second kappa shape index (κ2) is 9.31. The number of halogens is 4. The number of alkyl halides is 3. The van der Waals surface area contributed by atoms with Crippen LogP contribution in [0.5, 0.6) is 0 Å². The third-order valence-electron chi connectivity index (χ3n) is 4.41. The predicted octanol–water partition coefficient (Wildman–Crippen LogP) is 2.47. The summed E-state index contributed by atoms with van der Waals surface area (Å²) in [6.07, 6.45) is -1.69. The highest BCUT2D eigenvalue weighted by atomic mass is 127. The number of guanidine groups is 1. The largest absolute Gasteiger partial charge is 0.406 e. The molecule has 1 N–H and O–H groups in total. The van der Waals surface area contributed by atoms with Crippen molar-refractivity contribution in [1.29, 1.82) is 0 Å². The fourth-order valence-electron chi connectivity index (χ4n) is 3.65. The fraction of sp³-hybridized carbons (Fsp3) is 0.706. The zero-order valence-electron chi connectivity index (χ0n) is 16.7. The molecule has 0 spiro atoms. The number of aromatic nitrogens is 2. The van der Waals surface area contributed by atoms with E-state index in [1.54, 1.807) is 7.05 Å². The van der Waals surface area contributed by atoms with Crippen LogP contribution in [0.2, 0.25) is 0 Å². The summed E-state index contributed by atoms with van der Waals surface area (Å²) >= 11 is 0. The summed E-state index contributed by atoms with van der Waals surface area (Å²) in [6.45, 7) is 7.63. The van der Waals surface area contributed by atoms with Crippen LogP contribution < -0.4 is 5.32 Å². The molecular formula is C17H28F3IN6O. The highest BCUT2D eigenvalue weighted by Gasteiger charge is 2.40. The van der Waals surface area contributed by atoms with Gasteiger partial charge < -0.3 is 19.7 Å². The van der Waals surface area contributed by atoms with E-state index in [4.69, 9.17) is 0 Å². The van der Waals surface area contributed by atoms with Gasteiger partial charge in [-0.15, -0.1) is 24.0 Å². The second-order valence-corrected chi connectivity index (χ2v) is 7.51. The zero-order chi connectivity index (χ0) is 20.4. The Hall–Kier alpha value is -1.53. The summed E-state index contributed by atoms with van der Waals surface area (Å²) < 4.78 is 39.0. The molecule has 1 aromatic rings. The van der Waals surface area contributed by atoms with Gasteiger partial charge in [0.25, 0.3) is 0 Å². The van der Waals surface area contributed by atoms with Crippen LogP contribution in [0.4, 0.5) is 13.2 Å². The number of hydrogen-bond acceptors (Lipinski definition) is 3. The van der Waals surface area contributed by atoms with E-state index in [2.05, 4.69) is 15.3 Å². The first-order chi connectivity index (χ1) is 12.4. The van der Waals surface area contributed by atoms with Gasteiger partial charge in [0.05, 0.1) is 18.6 Å². The number of aliphatic imine (C=N–C) groups is 1. The Morgan fingerprint density at radius 1 is 1.39 bits per heavy atom. The van der Waals surface area contributed by atoms with Crippen molar-refractivity contribution in [3.05, 3.63) is 18.2 Å². The normalized spacial score (nSPS) is 17.8. The minimum absolute atomic E-state index is 0. The molecular weight excluding hydrogens is 488 g/mol. The van der Waals surface area contributed by atoms with Gasteiger partial charge in [-0.05, 0) is 27.7 Å². The van der Waals surface area contributed by atoms with Crippen molar-refractivity contribution >= 4 is 35.8 Å². The number of nitrogens with zero attached hydrogens (tertiary/aromatic N) is 5. The summed E-state index contributed by atoms with van der Waals surface area (Å²) in [6, 6.07) is 0.0828. The molecule has 0 radical (unpaired) electrons. The molecule has 7 nitrogen and oxygen atoms in total. The first-order valence-corrected chi connectivity index (χ1v) is 8.79. The molecule has 1 amide bonds. The van der Waals surface area contributed by atoms with E-state index in [1.807, 2.05) is 37.5 Å². The van der Waals surface area contributed by atoms with Gasteiger partial charge in [0.1, 0.15) is 12.4 Å². The predicted molar refractivity (Wildman–Crippen MR) is 112 cm³/mol. The molecule has 160 valence electrons. The van der Waals surface area contributed by atoms with Crippen molar-refractivity contribution in [2.45, 2.75) is 58.5 Å². The summed E-state index contributed by atoms with van der Waals surface area (Å²) in [7, 11) is 1.58. The van der Waals surface area contributed by atoms with Crippen LogP contribution in [0.3, 0.4) is 0 Å². The van der Waals surface area contributed by atoms with Crippen molar-refractivity contribution in [1.82, 2.24) is 24.7 Å². The Bertz CT molecular complexity index is 701. The Labute approximate surface area is 180 Å². The lowest BCUT2D eigenvalue weighted by Crippen LogP contribution is -2.66. The number of imidazole rings is 1. The molecule has 0 unspecified atom stereocenters. The Morgan fingerprint density at radius 3 is 2.54 bits per heavy atom. The number of rotatable bonds is 4. The van der Waals surface area contributed by atoms with E-state index in [-0.39, 0.29) is 54.8 Å². The molecule has 1 saturated heterocycles. The maximum absolute atomic E-state index is 12.6. The second-order valence-electron chi connectivity index (χ2n) is 7.51. The maximum atomic E-state index is 12.6. The first-order valence-electron chi connectivity index (χ1n) is 8.79. The van der Waals surface area contributed by atoms with Gasteiger partial charge in [-0.1, -0.05) is 0 Å². The molecule has 1 aliphatic heterocycles. The summed E-state index contributed by atoms with van der Waals surface area (Å²) in [5, 5.41) is 3.02. The third kappa shape index (κ3) is 5.98. The summed E-state index contributed by atoms with van der Waals surface area (Å²) in [5.41, 5.74) is -0.393. The number of hydrogen-bond donors (Lipinski definition) is 1. The lowest BCUT2D eigenvalue weighted by atomic mass is 9.96. The van der Waals surface area contributed by atoms with Gasteiger partial charge in [-0.2, -0.15) is 13.2 Å². The van der Waals surface area contributed by atoms with Crippen LogP contribution in [0.15, 0.2) is 17.4 Å². The van der Waals surface area contributed by atoms with Crippen molar-refractivity contribution in [2.24, 2.45) is 4.99 Å². The topological polar surface area (TPSA) is 65.8 Å². The highest BCUT2D eigenvalue weighted by Crippen LogP contribution is 2.24. The van der Waals surface area contributed by atoms with Gasteiger partial charge in [-0.25, -0.2) is 4.98 Å². The maximum Gasteiger partial charge on any atom is 0.406 e. The molecule has 0 atom stereocenters. The van der Waals surface area contributed by atoms with E-state index in [9.17, 15) is 18.0 Å². The number of piperazine rings is 1. The number of carbonyl (C=O) groups is 1. The Morgan fingerprint density at radius 2 is 2.04 bits per heavy atom. The molecule has 2 heterocycles. The van der Waals surface area contributed by atoms with Gasteiger partial charge >= 0.3 is 6.18 Å². The van der Waals surface area contributed by atoms with Crippen LogP contribution >= 0.6 is 24.0 Å². The summed E-state index contributed by atoms with van der Waals surface area (Å²) in [5.74, 6) is 0.698. The van der Waals surface area contributed by atoms with E-state index in [1.165, 1.54) is 12.4 Å². The van der Waals surface area contributed by atoms with E-state index >= 15 is 0 Å². The van der Waals surface area contributed by atoms with Crippen molar-refractivity contribution in [3.8, 4) is 0 Å². The molecule has 28 heavy (non-hydrogen) atoms. The lowest BCUT2D eigenvalue weighted by Gasteiger charge is -2.49. The zero-order valence-corrected chi connectivity index (χ0v) is 19.1. The van der Waals surface area contributed by atoms with E-state index in [0.717, 1.165) is 4.57 Å². The summed E-state index contributed by atoms with van der Waals surface area (Å²) in [4.78, 5) is 24.4. The number of carbonyl (C=O) groups excluding carboxylic acids is 1. The first kappa shape index (κ1) is 24.5. The average molecular weight is 516 g/mol. The van der Waals surface area contributed by atoms with E-state index in [0.29, 0.717) is 12.5 Å². The standard InChI is InChI=1S/C17H27F3N6O.HI/c1-12(2)26-14(27)9-25(10-16(26,3)4)15(21-5)23-8-13-22-6-7-24(13)11-17(18,19)20;/h6-7,12H,8-11H2,1-5H3,(H,21,23);1H. The number of amides is 1. The average Bonchev–Trinajstić information content (AvgIpc) is 2.90. The molecule has 0 aromatic carbocycles. The van der Waals surface area contributed by atoms with Gasteiger partial charge in [0.2, 0.25) is 5.91 Å². The quantitative estimate of drug-likeness (QED) is 0.380. The fourth-order valence-corrected chi connectivity index (χ4v) is 3.65. The lowest BCUT2D eigenvalue weighted by molar-refractivity contribution is -0.145. The molecule has 1 fully saturated rings. The van der Waals surface area contributed by atoms with Gasteiger partial charge in [0.15, 0.2) is 5.96 Å². The molecule has 2 rings (SSSR count). The van der Waals surface area contributed by atoms with Crippen molar-refractivity contribution in [3.63, 3.8) is 0 Å². The minimum Gasteiger partial charge on any atom is -0.349 e. The van der Waals surface area contributed by atoms with Crippen LogP contribution in [-0.4, -0.2) is 69.1 Å². The van der Waals surface area contributed by atoms with Crippen molar-refractivity contribution in [2.75, 3.05) is 20.1 Å². The smallest absolute Gasteiger partial charge is 0.349 e. The molecule has 1 aliphatic rings. The Kier molecular flexibility index (Phi) is 8.15. The van der Waals surface area contributed by atoms with Crippen LogP contribution in [-0.2, 0) is 17.9 Å². The monoisotopic (exact) mass is 516 g/mol. The van der Waals surface area contributed by atoms with Gasteiger partial charge in [-0.3, -0.25) is 9.79 Å². The van der Waals surface area contributed by atoms with Gasteiger partial charge in [0, 0.05) is 32.0 Å². The van der Waals surface area contributed by atoms with Crippen LogP contribution in [0.1, 0.15) is 33.5 Å². The number of nitrogens with one attached hydrogen (secondary N) is 1. The van der Waals surface area contributed by atoms with Crippen molar-refractivity contribution < 1.29 is 18.0 Å². The minimum atomic E-state index is -4.32. The SMILES string of the molecule is CN=C(NCc1nccn1CC(F)(F)F)N1CC(=O)N(C(C)C)C(C)(C)C1.I. The molecule has 11 heteroatoms. The molecule has 0 bridgehead atoms. The molecule has 0 aliphatic carbocycles. The molecule has 1 aromatic heterocycles. The van der Waals surface area contributed by atoms with Crippen LogP contribution in [0.25, 0.3) is 0 Å². The van der Waals surface area contributed by atoms with Crippen LogP contribution in [0, 0.1) is 0 Å². The molecule has 0 saturated carbocycles. The van der Waals surface area contributed by atoms with E-state index < -0.39 is 18.3 Å². The Balaban J connectivity index is 0.00000392. The third-order valence-corrected chi connectivity index (χ3v) is 4.41.